The molecule has 0 saturated carbocycles. The molecule has 1 fully saturated rings. The van der Waals surface area contributed by atoms with Crippen LogP contribution in [-0.4, -0.2) is 31.2 Å². The van der Waals surface area contributed by atoms with E-state index < -0.39 is 6.17 Å². The highest BCUT2D eigenvalue weighted by molar-refractivity contribution is 4.92. The van der Waals surface area contributed by atoms with Crippen LogP contribution in [-0.2, 0) is 0 Å². The van der Waals surface area contributed by atoms with Crippen molar-refractivity contribution in [2.45, 2.75) is 6.17 Å². The van der Waals surface area contributed by atoms with E-state index in [1.165, 1.54) is 0 Å². The van der Waals surface area contributed by atoms with Crippen molar-refractivity contribution >= 4 is 0 Å². The summed E-state index contributed by atoms with van der Waals surface area (Å²) in [5.74, 6) is 0.0648. The van der Waals surface area contributed by atoms with Crippen LogP contribution in [0.5, 0.6) is 0 Å². The summed E-state index contributed by atoms with van der Waals surface area (Å²) in [6.45, 7) is 4.95. The Bertz CT molecular complexity index is 113. The molecule has 1 aliphatic rings. The molecule has 2 atom stereocenters. The molecular formula is C7H12FN. The molecule has 0 radical (unpaired) electrons. The van der Waals surface area contributed by atoms with Crippen molar-refractivity contribution in [1.82, 2.24) is 4.90 Å². The maximum atomic E-state index is 12.7. The molecule has 0 bridgehead atoms. The Morgan fingerprint density at radius 1 is 1.67 bits per heavy atom. The lowest BCUT2D eigenvalue weighted by molar-refractivity contribution is 0.301. The Morgan fingerprint density at radius 2 is 2.33 bits per heavy atom. The minimum absolute atomic E-state index is 0.0648. The van der Waals surface area contributed by atoms with E-state index >= 15 is 0 Å². The second-order valence-corrected chi connectivity index (χ2v) is 2.64. The zero-order chi connectivity index (χ0) is 6.85. The lowest BCUT2D eigenvalue weighted by atomic mass is 10.1. The highest BCUT2D eigenvalue weighted by Gasteiger charge is 2.27. The predicted octanol–water partition coefficient (Wildman–Crippen LogP) is 1.07. The molecule has 0 amide bonds. The van der Waals surface area contributed by atoms with Crippen LogP contribution in [0.1, 0.15) is 0 Å². The molecule has 0 aliphatic carbocycles. The van der Waals surface area contributed by atoms with Gasteiger partial charge in [-0.25, -0.2) is 4.39 Å². The average molecular weight is 129 g/mol. The molecular weight excluding hydrogens is 117 g/mol. The van der Waals surface area contributed by atoms with Gasteiger partial charge in [0.2, 0.25) is 0 Å². The molecule has 1 nitrogen and oxygen atoms in total. The first kappa shape index (κ1) is 6.75. The molecule has 0 aromatic heterocycles. The fraction of sp³-hybridized carbons (Fsp3) is 0.714. The lowest BCUT2D eigenvalue weighted by Crippen LogP contribution is -2.13. The quantitative estimate of drug-likeness (QED) is 0.479. The summed E-state index contributed by atoms with van der Waals surface area (Å²) >= 11 is 0. The Morgan fingerprint density at radius 3 is 2.56 bits per heavy atom. The molecule has 1 rings (SSSR count). The van der Waals surface area contributed by atoms with E-state index in [-0.39, 0.29) is 5.92 Å². The van der Waals surface area contributed by atoms with Gasteiger partial charge in [0, 0.05) is 19.0 Å². The van der Waals surface area contributed by atoms with Crippen LogP contribution in [0.25, 0.3) is 0 Å². The number of rotatable bonds is 1. The molecule has 1 aliphatic heterocycles. The maximum Gasteiger partial charge on any atom is 0.120 e. The Kier molecular flexibility index (Phi) is 1.86. The van der Waals surface area contributed by atoms with E-state index in [4.69, 9.17) is 0 Å². The molecule has 1 saturated heterocycles. The van der Waals surface area contributed by atoms with Gasteiger partial charge in [-0.3, -0.25) is 0 Å². The van der Waals surface area contributed by atoms with Crippen LogP contribution in [0.4, 0.5) is 4.39 Å². The SMILES string of the molecule is C=C[C@@H]1CN(C)C[C@@H]1F. The van der Waals surface area contributed by atoms with E-state index in [9.17, 15) is 4.39 Å². The van der Waals surface area contributed by atoms with Gasteiger partial charge in [-0.1, -0.05) is 6.08 Å². The zero-order valence-corrected chi connectivity index (χ0v) is 5.68. The van der Waals surface area contributed by atoms with E-state index in [1.807, 2.05) is 11.9 Å². The summed E-state index contributed by atoms with van der Waals surface area (Å²) in [6.07, 6.45) is 1.02. The zero-order valence-electron chi connectivity index (χ0n) is 5.68. The van der Waals surface area contributed by atoms with Gasteiger partial charge >= 0.3 is 0 Å². The van der Waals surface area contributed by atoms with Gasteiger partial charge in [-0.05, 0) is 7.05 Å². The van der Waals surface area contributed by atoms with Gasteiger partial charge in [0.25, 0.3) is 0 Å². The van der Waals surface area contributed by atoms with Crippen LogP contribution in [0.15, 0.2) is 12.7 Å². The van der Waals surface area contributed by atoms with Gasteiger partial charge in [-0.15, -0.1) is 6.58 Å². The van der Waals surface area contributed by atoms with Gasteiger partial charge < -0.3 is 4.90 Å². The third-order valence-electron chi connectivity index (χ3n) is 1.78. The minimum atomic E-state index is -0.688. The third-order valence-corrected chi connectivity index (χ3v) is 1.78. The number of alkyl halides is 1. The summed E-state index contributed by atoms with van der Waals surface area (Å²) in [5.41, 5.74) is 0. The Hall–Kier alpha value is -0.370. The van der Waals surface area contributed by atoms with Gasteiger partial charge in [0.05, 0.1) is 0 Å². The van der Waals surface area contributed by atoms with Crippen LogP contribution < -0.4 is 0 Å². The van der Waals surface area contributed by atoms with Crippen molar-refractivity contribution in [3.8, 4) is 0 Å². The molecule has 0 unspecified atom stereocenters. The highest BCUT2D eigenvalue weighted by atomic mass is 19.1. The first-order valence-electron chi connectivity index (χ1n) is 3.19. The van der Waals surface area contributed by atoms with E-state index in [0.29, 0.717) is 6.54 Å². The second-order valence-electron chi connectivity index (χ2n) is 2.64. The fourth-order valence-electron chi connectivity index (χ4n) is 1.20. The standard InChI is InChI=1S/C7H12FN/c1-3-6-4-9(2)5-7(6)8/h3,6-7H,1,4-5H2,2H3/t6-,7+/m1/s1. The largest absolute Gasteiger partial charge is 0.303 e. The van der Waals surface area contributed by atoms with Gasteiger partial charge in [0.15, 0.2) is 0 Å². The second kappa shape index (κ2) is 2.48. The highest BCUT2D eigenvalue weighted by Crippen LogP contribution is 2.18. The van der Waals surface area contributed by atoms with Crippen molar-refractivity contribution in [1.29, 1.82) is 0 Å². The number of halogens is 1. The van der Waals surface area contributed by atoms with Gasteiger partial charge in [-0.2, -0.15) is 0 Å². The first-order chi connectivity index (χ1) is 4.24. The molecule has 0 aromatic rings. The van der Waals surface area contributed by atoms with E-state index in [2.05, 4.69) is 6.58 Å². The average Bonchev–Trinajstić information content (AvgIpc) is 2.10. The maximum absolute atomic E-state index is 12.7. The Labute approximate surface area is 55.2 Å². The third kappa shape index (κ3) is 1.30. The molecule has 1 heterocycles. The smallest absolute Gasteiger partial charge is 0.120 e. The number of nitrogens with zero attached hydrogens (tertiary/aromatic N) is 1. The molecule has 9 heavy (non-hydrogen) atoms. The van der Waals surface area contributed by atoms with Crippen molar-refractivity contribution in [3.05, 3.63) is 12.7 Å². The van der Waals surface area contributed by atoms with Crippen LogP contribution in [0.3, 0.4) is 0 Å². The number of hydrogen-bond donors (Lipinski definition) is 0. The van der Waals surface area contributed by atoms with Crippen LogP contribution in [0.2, 0.25) is 0 Å². The van der Waals surface area contributed by atoms with Crippen molar-refractivity contribution < 1.29 is 4.39 Å². The Balaban J connectivity index is 2.47. The molecule has 0 N–H and O–H groups in total. The fourth-order valence-corrected chi connectivity index (χ4v) is 1.20. The molecule has 52 valence electrons. The van der Waals surface area contributed by atoms with Crippen molar-refractivity contribution in [3.63, 3.8) is 0 Å². The van der Waals surface area contributed by atoms with Crippen LogP contribution in [0, 0.1) is 5.92 Å². The molecule has 0 aromatic carbocycles. The summed E-state index contributed by atoms with van der Waals surface area (Å²) in [4.78, 5) is 1.98. The summed E-state index contributed by atoms with van der Waals surface area (Å²) in [6, 6.07) is 0. The summed E-state index contributed by atoms with van der Waals surface area (Å²) in [5, 5.41) is 0. The normalized spacial score (nSPS) is 37.1. The minimum Gasteiger partial charge on any atom is -0.303 e. The van der Waals surface area contributed by atoms with Crippen molar-refractivity contribution in [2.75, 3.05) is 20.1 Å². The monoisotopic (exact) mass is 129 g/mol. The van der Waals surface area contributed by atoms with Gasteiger partial charge in [0.1, 0.15) is 6.17 Å². The van der Waals surface area contributed by atoms with Crippen LogP contribution >= 0.6 is 0 Å². The summed E-state index contributed by atoms with van der Waals surface area (Å²) < 4.78 is 12.7. The molecule has 0 spiro atoms. The number of hydrogen-bond acceptors (Lipinski definition) is 1. The first-order valence-corrected chi connectivity index (χ1v) is 3.19. The number of likely N-dealkylation sites (tertiary alicyclic amines) is 1. The topological polar surface area (TPSA) is 3.24 Å². The van der Waals surface area contributed by atoms with E-state index in [1.54, 1.807) is 6.08 Å². The lowest BCUT2D eigenvalue weighted by Gasteiger charge is -2.03. The predicted molar refractivity (Wildman–Crippen MR) is 36.1 cm³/mol. The summed E-state index contributed by atoms with van der Waals surface area (Å²) in [7, 11) is 1.93. The molecule has 2 heteroatoms. The van der Waals surface area contributed by atoms with Crippen molar-refractivity contribution in [2.24, 2.45) is 5.92 Å². The van der Waals surface area contributed by atoms with E-state index in [0.717, 1.165) is 6.54 Å².